The molecule has 0 aliphatic carbocycles. The van der Waals surface area contributed by atoms with Gasteiger partial charge in [-0.25, -0.2) is 4.98 Å². The van der Waals surface area contributed by atoms with E-state index < -0.39 is 0 Å². The molecule has 0 atom stereocenters. The summed E-state index contributed by atoms with van der Waals surface area (Å²) in [5.74, 6) is 0.700. The summed E-state index contributed by atoms with van der Waals surface area (Å²) in [7, 11) is 1.64. The first-order chi connectivity index (χ1) is 8.54. The van der Waals surface area contributed by atoms with Crippen LogP contribution in [0.2, 0.25) is 0 Å². The normalized spacial score (nSPS) is 10.4. The lowest BCUT2D eigenvalue weighted by Crippen LogP contribution is -2.32. The number of rotatable bonds is 7. The Hall–Kier alpha value is -1.76. The van der Waals surface area contributed by atoms with Crippen LogP contribution in [0.4, 0.5) is 5.95 Å². The number of hydrogen-bond donors (Lipinski definition) is 2. The maximum Gasteiger partial charge on any atom is 0.245 e. The smallest absolute Gasteiger partial charge is 0.245 e. The third kappa shape index (κ3) is 4.25. The molecule has 0 aliphatic heterocycles. The molecule has 0 bridgehead atoms. The number of ether oxygens (including phenoxy) is 1. The highest BCUT2D eigenvalue weighted by Gasteiger charge is 2.11. The Morgan fingerprint density at radius 1 is 1.28 bits per heavy atom. The summed E-state index contributed by atoms with van der Waals surface area (Å²) in [6.45, 7) is 5.56. The van der Waals surface area contributed by atoms with Crippen molar-refractivity contribution in [2.45, 2.75) is 20.3 Å². The van der Waals surface area contributed by atoms with Gasteiger partial charge in [0.15, 0.2) is 0 Å². The number of anilines is 1. The molecule has 0 aliphatic rings. The Morgan fingerprint density at radius 2 is 2.00 bits per heavy atom. The van der Waals surface area contributed by atoms with Crippen molar-refractivity contribution in [3.63, 3.8) is 0 Å². The molecule has 0 radical (unpaired) electrons. The van der Waals surface area contributed by atoms with E-state index >= 15 is 0 Å². The second kappa shape index (κ2) is 6.85. The minimum Gasteiger partial charge on any atom is -0.388 e. The molecule has 100 valence electrons. The standard InChI is InChI=1S/C11H20N6O/c1-8-9(2)15-16-11(14-8)17(6-7-18-3)5-4-10(12)13/h4-7H2,1-3H3,(H3,12,13). The quantitative estimate of drug-likeness (QED) is 0.533. The maximum absolute atomic E-state index is 7.27. The first-order valence-corrected chi connectivity index (χ1v) is 5.79. The Kier molecular flexibility index (Phi) is 5.44. The van der Waals surface area contributed by atoms with Gasteiger partial charge in [-0.05, 0) is 13.8 Å². The van der Waals surface area contributed by atoms with Crippen LogP contribution in [-0.2, 0) is 4.74 Å². The molecule has 1 heterocycles. The molecule has 0 fully saturated rings. The number of nitrogens with zero attached hydrogens (tertiary/aromatic N) is 4. The van der Waals surface area contributed by atoms with E-state index in [1.54, 1.807) is 7.11 Å². The fourth-order valence-corrected chi connectivity index (χ4v) is 1.35. The van der Waals surface area contributed by atoms with Crippen LogP contribution in [0.15, 0.2) is 0 Å². The van der Waals surface area contributed by atoms with Gasteiger partial charge < -0.3 is 15.4 Å². The minimum absolute atomic E-state index is 0.147. The summed E-state index contributed by atoms with van der Waals surface area (Å²) in [6.07, 6.45) is 0.472. The number of nitrogens with two attached hydrogens (primary N) is 1. The zero-order chi connectivity index (χ0) is 13.5. The van der Waals surface area contributed by atoms with Crippen LogP contribution in [0.1, 0.15) is 17.8 Å². The highest BCUT2D eigenvalue weighted by Crippen LogP contribution is 2.08. The molecule has 1 aromatic heterocycles. The zero-order valence-corrected chi connectivity index (χ0v) is 11.1. The van der Waals surface area contributed by atoms with Crippen LogP contribution in [0.25, 0.3) is 0 Å². The van der Waals surface area contributed by atoms with Crippen molar-refractivity contribution in [1.29, 1.82) is 5.41 Å². The van der Waals surface area contributed by atoms with E-state index in [1.165, 1.54) is 0 Å². The summed E-state index contributed by atoms with van der Waals surface area (Å²) >= 11 is 0. The molecule has 1 aromatic rings. The molecule has 7 heteroatoms. The summed E-state index contributed by atoms with van der Waals surface area (Å²) in [6, 6.07) is 0. The Bertz CT molecular complexity index is 409. The van der Waals surface area contributed by atoms with Gasteiger partial charge in [-0.3, -0.25) is 5.41 Å². The van der Waals surface area contributed by atoms with Gasteiger partial charge in [0.2, 0.25) is 5.95 Å². The van der Waals surface area contributed by atoms with E-state index in [0.717, 1.165) is 11.4 Å². The van der Waals surface area contributed by atoms with Gasteiger partial charge in [-0.1, -0.05) is 0 Å². The van der Waals surface area contributed by atoms with Gasteiger partial charge in [-0.15, -0.1) is 5.10 Å². The Morgan fingerprint density at radius 3 is 2.56 bits per heavy atom. The van der Waals surface area contributed by atoms with Gasteiger partial charge in [0.05, 0.1) is 23.8 Å². The first-order valence-electron chi connectivity index (χ1n) is 5.79. The molecule has 0 saturated carbocycles. The number of aromatic nitrogens is 3. The number of methoxy groups -OCH3 is 1. The van der Waals surface area contributed by atoms with Gasteiger partial charge in [-0.2, -0.15) is 5.10 Å². The van der Waals surface area contributed by atoms with Crippen molar-refractivity contribution in [2.24, 2.45) is 5.73 Å². The lowest BCUT2D eigenvalue weighted by Gasteiger charge is -2.21. The highest BCUT2D eigenvalue weighted by atomic mass is 16.5. The van der Waals surface area contributed by atoms with Crippen molar-refractivity contribution in [2.75, 3.05) is 31.7 Å². The Labute approximate surface area is 107 Å². The fourth-order valence-electron chi connectivity index (χ4n) is 1.35. The molecule has 3 N–H and O–H groups in total. The topological polar surface area (TPSA) is 101 Å². The molecule has 0 saturated heterocycles. The molecule has 0 unspecified atom stereocenters. The van der Waals surface area contributed by atoms with E-state index in [9.17, 15) is 0 Å². The predicted molar refractivity (Wildman–Crippen MR) is 69.9 cm³/mol. The summed E-state index contributed by atoms with van der Waals surface area (Å²) in [5.41, 5.74) is 7.04. The van der Waals surface area contributed by atoms with Crippen molar-refractivity contribution >= 4 is 11.8 Å². The number of amidine groups is 1. The van der Waals surface area contributed by atoms with E-state index in [4.69, 9.17) is 15.9 Å². The fraction of sp³-hybridized carbons (Fsp3) is 0.636. The van der Waals surface area contributed by atoms with Crippen molar-refractivity contribution in [3.05, 3.63) is 11.4 Å². The second-order valence-corrected chi connectivity index (χ2v) is 4.04. The van der Waals surface area contributed by atoms with Crippen LogP contribution in [0.3, 0.4) is 0 Å². The average Bonchev–Trinajstić information content (AvgIpc) is 2.33. The second-order valence-electron chi connectivity index (χ2n) is 4.04. The molecule has 1 rings (SSSR count). The molecule has 0 aromatic carbocycles. The lowest BCUT2D eigenvalue weighted by molar-refractivity contribution is 0.205. The highest BCUT2D eigenvalue weighted by molar-refractivity contribution is 5.77. The molecule has 0 spiro atoms. The lowest BCUT2D eigenvalue weighted by atomic mass is 10.3. The van der Waals surface area contributed by atoms with Crippen molar-refractivity contribution < 1.29 is 4.74 Å². The number of nitrogens with one attached hydrogen (secondary N) is 1. The van der Waals surface area contributed by atoms with Crippen LogP contribution in [0, 0.1) is 19.3 Å². The summed E-state index contributed by atoms with van der Waals surface area (Å²) < 4.78 is 5.05. The summed E-state index contributed by atoms with van der Waals surface area (Å²) in [5, 5.41) is 15.4. The molecule has 7 nitrogen and oxygen atoms in total. The van der Waals surface area contributed by atoms with Crippen LogP contribution in [0.5, 0.6) is 0 Å². The van der Waals surface area contributed by atoms with E-state index in [0.29, 0.717) is 32.1 Å². The average molecular weight is 252 g/mol. The van der Waals surface area contributed by atoms with E-state index in [2.05, 4.69) is 15.2 Å². The molecule has 0 amide bonds. The van der Waals surface area contributed by atoms with Crippen LogP contribution < -0.4 is 10.6 Å². The Balaban J connectivity index is 2.79. The largest absolute Gasteiger partial charge is 0.388 e. The number of hydrogen-bond acceptors (Lipinski definition) is 6. The van der Waals surface area contributed by atoms with Gasteiger partial charge >= 0.3 is 0 Å². The van der Waals surface area contributed by atoms with Gasteiger partial charge in [0.1, 0.15) is 0 Å². The van der Waals surface area contributed by atoms with Crippen LogP contribution >= 0.6 is 0 Å². The first kappa shape index (κ1) is 14.3. The zero-order valence-electron chi connectivity index (χ0n) is 11.1. The van der Waals surface area contributed by atoms with Crippen LogP contribution in [-0.4, -0.2) is 47.8 Å². The maximum atomic E-state index is 7.27. The third-order valence-electron chi connectivity index (χ3n) is 2.58. The van der Waals surface area contributed by atoms with Crippen molar-refractivity contribution in [1.82, 2.24) is 15.2 Å². The predicted octanol–water partition coefficient (Wildman–Crippen LogP) is 0.267. The van der Waals surface area contributed by atoms with E-state index in [-0.39, 0.29) is 5.84 Å². The molecular weight excluding hydrogens is 232 g/mol. The molecule has 18 heavy (non-hydrogen) atoms. The SMILES string of the molecule is COCCN(CCC(=N)N)c1nnc(C)c(C)n1. The van der Waals surface area contributed by atoms with Gasteiger partial charge in [0.25, 0.3) is 0 Å². The minimum atomic E-state index is 0.147. The summed E-state index contributed by atoms with van der Waals surface area (Å²) in [4.78, 5) is 6.31. The molecular formula is C11H20N6O. The number of aryl methyl sites for hydroxylation is 2. The van der Waals surface area contributed by atoms with Gasteiger partial charge in [0, 0.05) is 26.6 Å². The monoisotopic (exact) mass is 252 g/mol. The van der Waals surface area contributed by atoms with Crippen molar-refractivity contribution in [3.8, 4) is 0 Å². The van der Waals surface area contributed by atoms with E-state index in [1.807, 2.05) is 18.7 Å². The third-order valence-corrected chi connectivity index (χ3v) is 2.58.